The largest absolute Gasteiger partial charge is 0.361 e. The van der Waals surface area contributed by atoms with Crippen LogP contribution in [0.5, 0.6) is 0 Å². The Balaban J connectivity index is 2.59. The lowest BCUT2D eigenvalue weighted by atomic mass is 10.2. The van der Waals surface area contributed by atoms with Crippen LogP contribution in [0.25, 0.3) is 10.9 Å². The molecule has 0 bridgehead atoms. The highest BCUT2D eigenvalue weighted by molar-refractivity contribution is 5.93. The maximum Gasteiger partial charge on any atom is 0.252 e. The Labute approximate surface area is 87.3 Å². The van der Waals surface area contributed by atoms with E-state index in [-0.39, 0.29) is 11.2 Å². The molecular formula is C12H12N2O. The van der Waals surface area contributed by atoms with Gasteiger partial charge in [-0.05, 0) is 26.0 Å². The number of hydrogen-bond donors (Lipinski definition) is 1. The molecule has 3 nitrogen and oxygen atoms in total. The van der Waals surface area contributed by atoms with Crippen molar-refractivity contribution in [3.63, 3.8) is 0 Å². The summed E-state index contributed by atoms with van der Waals surface area (Å²) in [4.78, 5) is 11.8. The smallest absolute Gasteiger partial charge is 0.252 e. The zero-order valence-electron chi connectivity index (χ0n) is 8.74. The van der Waals surface area contributed by atoms with Crippen LogP contribution in [0.4, 0.5) is 5.69 Å². The van der Waals surface area contributed by atoms with Gasteiger partial charge in [0.2, 0.25) is 0 Å². The summed E-state index contributed by atoms with van der Waals surface area (Å²) < 4.78 is 1.82. The first-order valence-electron chi connectivity index (χ1n) is 5.03. The third-order valence-corrected chi connectivity index (χ3v) is 2.92. The molecule has 0 aliphatic carbocycles. The van der Waals surface area contributed by atoms with Crippen LogP contribution < -0.4 is 10.9 Å². The Kier molecular flexibility index (Phi) is 1.38. The topological polar surface area (TPSA) is 34.0 Å². The number of anilines is 1. The fourth-order valence-corrected chi connectivity index (χ4v) is 2.33. The number of hydrogen-bond acceptors (Lipinski definition) is 2. The molecule has 1 aliphatic rings. The van der Waals surface area contributed by atoms with Crippen molar-refractivity contribution in [2.75, 3.05) is 5.32 Å². The SMILES string of the molecule is CC1(C)Nc2cccc3ccc(=O)n1c23. The highest BCUT2D eigenvalue weighted by atomic mass is 16.1. The van der Waals surface area contributed by atoms with Crippen molar-refractivity contribution in [1.29, 1.82) is 0 Å². The van der Waals surface area contributed by atoms with Crippen molar-refractivity contribution < 1.29 is 0 Å². The van der Waals surface area contributed by atoms with Crippen LogP contribution in [0.1, 0.15) is 13.8 Å². The molecule has 76 valence electrons. The highest BCUT2D eigenvalue weighted by Gasteiger charge is 2.30. The van der Waals surface area contributed by atoms with E-state index in [0.29, 0.717) is 0 Å². The monoisotopic (exact) mass is 200 g/mol. The number of nitrogens with zero attached hydrogens (tertiary/aromatic N) is 1. The molecule has 2 heterocycles. The summed E-state index contributed by atoms with van der Waals surface area (Å²) in [5.74, 6) is 0. The zero-order valence-corrected chi connectivity index (χ0v) is 8.74. The summed E-state index contributed by atoms with van der Waals surface area (Å²) in [7, 11) is 0. The normalized spacial score (nSPS) is 16.7. The van der Waals surface area contributed by atoms with Crippen molar-refractivity contribution in [2.24, 2.45) is 0 Å². The van der Waals surface area contributed by atoms with Gasteiger partial charge < -0.3 is 5.32 Å². The standard InChI is InChI=1S/C12H12N2O/c1-12(2)13-9-5-3-4-8-6-7-10(15)14(12)11(8)9/h3-7,13H,1-2H3. The van der Waals surface area contributed by atoms with Gasteiger partial charge in [-0.15, -0.1) is 0 Å². The molecular weight excluding hydrogens is 188 g/mol. The Morgan fingerprint density at radius 3 is 2.80 bits per heavy atom. The molecule has 1 aliphatic heterocycles. The average molecular weight is 200 g/mol. The summed E-state index contributed by atoms with van der Waals surface area (Å²) in [6.07, 6.45) is 0. The van der Waals surface area contributed by atoms with Gasteiger partial charge in [-0.25, -0.2) is 0 Å². The first-order valence-corrected chi connectivity index (χ1v) is 5.03. The van der Waals surface area contributed by atoms with Crippen LogP contribution in [0.2, 0.25) is 0 Å². The minimum Gasteiger partial charge on any atom is -0.361 e. The van der Waals surface area contributed by atoms with Crippen molar-refractivity contribution in [3.05, 3.63) is 40.7 Å². The summed E-state index contributed by atoms with van der Waals surface area (Å²) in [5.41, 5.74) is 1.76. The lowest BCUT2D eigenvalue weighted by molar-refractivity contribution is 0.431. The molecule has 0 saturated heterocycles. The Bertz CT molecular complexity index is 611. The van der Waals surface area contributed by atoms with Gasteiger partial charge in [0.15, 0.2) is 0 Å². The van der Waals surface area contributed by atoms with E-state index >= 15 is 0 Å². The quantitative estimate of drug-likeness (QED) is 0.706. The number of aromatic nitrogens is 1. The third-order valence-electron chi connectivity index (χ3n) is 2.92. The van der Waals surface area contributed by atoms with Crippen molar-refractivity contribution in [2.45, 2.75) is 19.5 Å². The minimum atomic E-state index is -0.333. The van der Waals surface area contributed by atoms with E-state index in [9.17, 15) is 4.79 Å². The molecule has 1 N–H and O–H groups in total. The maximum absolute atomic E-state index is 11.8. The number of benzene rings is 1. The van der Waals surface area contributed by atoms with Gasteiger partial charge in [0.1, 0.15) is 5.66 Å². The van der Waals surface area contributed by atoms with Crippen molar-refractivity contribution >= 4 is 16.6 Å². The number of para-hydroxylation sites is 1. The Morgan fingerprint density at radius 1 is 1.20 bits per heavy atom. The molecule has 3 rings (SSSR count). The molecule has 15 heavy (non-hydrogen) atoms. The highest BCUT2D eigenvalue weighted by Crippen LogP contribution is 2.34. The Hall–Kier alpha value is -1.77. The molecule has 0 atom stereocenters. The van der Waals surface area contributed by atoms with E-state index in [0.717, 1.165) is 16.6 Å². The van der Waals surface area contributed by atoms with Crippen LogP contribution in [0.15, 0.2) is 35.1 Å². The van der Waals surface area contributed by atoms with Crippen LogP contribution >= 0.6 is 0 Å². The summed E-state index contributed by atoms with van der Waals surface area (Å²) in [5, 5.41) is 4.45. The first-order chi connectivity index (χ1) is 7.09. The number of nitrogens with one attached hydrogen (secondary N) is 1. The van der Waals surface area contributed by atoms with Crippen LogP contribution in [0.3, 0.4) is 0 Å². The van der Waals surface area contributed by atoms with Gasteiger partial charge in [-0.2, -0.15) is 0 Å². The maximum atomic E-state index is 11.8. The molecule has 0 fully saturated rings. The molecule has 0 unspecified atom stereocenters. The van der Waals surface area contributed by atoms with E-state index in [1.807, 2.05) is 42.7 Å². The van der Waals surface area contributed by atoms with Gasteiger partial charge >= 0.3 is 0 Å². The van der Waals surface area contributed by atoms with Gasteiger partial charge in [-0.1, -0.05) is 12.1 Å². The van der Waals surface area contributed by atoms with Gasteiger partial charge in [0.25, 0.3) is 5.56 Å². The predicted molar refractivity (Wildman–Crippen MR) is 61.2 cm³/mol. The lowest BCUT2D eigenvalue weighted by Gasteiger charge is -2.22. The molecule has 0 radical (unpaired) electrons. The molecule has 0 spiro atoms. The van der Waals surface area contributed by atoms with Crippen molar-refractivity contribution in [1.82, 2.24) is 4.57 Å². The predicted octanol–water partition coefficient (Wildman–Crippen LogP) is 2.12. The first kappa shape index (κ1) is 8.53. The zero-order chi connectivity index (χ0) is 10.6. The average Bonchev–Trinajstić information content (AvgIpc) is 2.45. The third kappa shape index (κ3) is 0.975. The Morgan fingerprint density at radius 2 is 2.00 bits per heavy atom. The van der Waals surface area contributed by atoms with E-state index in [2.05, 4.69) is 5.32 Å². The summed E-state index contributed by atoms with van der Waals surface area (Å²) in [6.45, 7) is 4.02. The number of pyridine rings is 1. The number of rotatable bonds is 0. The van der Waals surface area contributed by atoms with E-state index in [1.165, 1.54) is 0 Å². The molecule has 3 heteroatoms. The molecule has 2 aromatic rings. The van der Waals surface area contributed by atoms with E-state index < -0.39 is 0 Å². The van der Waals surface area contributed by atoms with Crippen LogP contribution in [-0.2, 0) is 5.66 Å². The fourth-order valence-electron chi connectivity index (χ4n) is 2.33. The van der Waals surface area contributed by atoms with E-state index in [1.54, 1.807) is 6.07 Å². The molecule has 0 amide bonds. The van der Waals surface area contributed by atoms with Crippen LogP contribution in [0, 0.1) is 0 Å². The van der Waals surface area contributed by atoms with E-state index in [4.69, 9.17) is 0 Å². The second kappa shape index (κ2) is 2.42. The summed E-state index contributed by atoms with van der Waals surface area (Å²) >= 11 is 0. The fraction of sp³-hybridized carbons (Fsp3) is 0.250. The summed E-state index contributed by atoms with van der Waals surface area (Å²) in [6, 6.07) is 9.54. The molecule has 1 aromatic heterocycles. The minimum absolute atomic E-state index is 0.0463. The second-order valence-electron chi connectivity index (χ2n) is 4.43. The second-order valence-corrected chi connectivity index (χ2v) is 4.43. The van der Waals surface area contributed by atoms with Crippen molar-refractivity contribution in [3.8, 4) is 0 Å². The van der Waals surface area contributed by atoms with Gasteiger partial charge in [-0.3, -0.25) is 9.36 Å². The lowest BCUT2D eigenvalue weighted by Crippen LogP contribution is -2.37. The molecule has 1 aromatic carbocycles. The molecule has 0 saturated carbocycles. The van der Waals surface area contributed by atoms with Gasteiger partial charge in [0, 0.05) is 11.5 Å². The van der Waals surface area contributed by atoms with Crippen LogP contribution in [-0.4, -0.2) is 4.57 Å². The van der Waals surface area contributed by atoms with Gasteiger partial charge in [0.05, 0.1) is 11.2 Å².